The molecule has 4 aromatic rings. The van der Waals surface area contributed by atoms with Gasteiger partial charge in [0.15, 0.2) is 5.16 Å². The van der Waals surface area contributed by atoms with Crippen LogP contribution in [0.3, 0.4) is 0 Å². The van der Waals surface area contributed by atoms with Crippen LogP contribution in [0.15, 0.2) is 78.0 Å². The van der Waals surface area contributed by atoms with E-state index in [0.717, 1.165) is 69.1 Å². The van der Waals surface area contributed by atoms with Gasteiger partial charge in [-0.15, -0.1) is 0 Å². The molecule has 0 spiro atoms. The van der Waals surface area contributed by atoms with Crippen LogP contribution in [0.1, 0.15) is 18.9 Å². The second-order valence-electron chi connectivity index (χ2n) is 8.75. The van der Waals surface area contributed by atoms with Crippen LogP contribution in [-0.2, 0) is 6.54 Å². The third-order valence-corrected chi connectivity index (χ3v) is 7.15. The molecule has 0 aliphatic carbocycles. The van der Waals surface area contributed by atoms with E-state index < -0.39 is 0 Å². The van der Waals surface area contributed by atoms with Crippen LogP contribution in [-0.4, -0.2) is 42.1 Å². The number of hydrogen-bond acceptors (Lipinski definition) is 5. The Morgan fingerprint density at radius 2 is 1.61 bits per heavy atom. The largest absolute Gasteiger partial charge is 0.497 e. The smallest absolute Gasteiger partial charge is 0.319 e. The predicted molar refractivity (Wildman–Crippen MR) is 155 cm³/mol. The number of thioether (sulfide) groups is 1. The van der Waals surface area contributed by atoms with Gasteiger partial charge in [-0.1, -0.05) is 23.9 Å². The first-order valence-electron chi connectivity index (χ1n) is 12.7. The summed E-state index contributed by atoms with van der Waals surface area (Å²) in [6.45, 7) is 5.49. The molecule has 0 bridgehead atoms. The number of carbonyl (C=O) groups excluding carboxylic acids is 1. The Labute approximate surface area is 228 Å². The lowest BCUT2D eigenvalue weighted by Gasteiger charge is -2.12. The SMILES string of the molecule is CCn1c(SCCCNC(=O)Nc2cccc(C)c2)nc(-c2ccc(OC)cc2)c1-c1ccc(OC)cc1. The van der Waals surface area contributed by atoms with Crippen molar-refractivity contribution < 1.29 is 14.3 Å². The summed E-state index contributed by atoms with van der Waals surface area (Å²) in [6, 6.07) is 23.6. The van der Waals surface area contributed by atoms with Crippen LogP contribution in [0.5, 0.6) is 11.5 Å². The highest BCUT2D eigenvalue weighted by molar-refractivity contribution is 7.99. The number of benzene rings is 3. The van der Waals surface area contributed by atoms with Gasteiger partial charge in [-0.2, -0.15) is 0 Å². The van der Waals surface area contributed by atoms with E-state index >= 15 is 0 Å². The molecule has 2 amide bonds. The lowest BCUT2D eigenvalue weighted by molar-refractivity contribution is 0.252. The number of nitrogens with one attached hydrogen (secondary N) is 2. The summed E-state index contributed by atoms with van der Waals surface area (Å²) < 4.78 is 13.0. The minimum atomic E-state index is -0.195. The number of carbonyl (C=O) groups is 1. The normalized spacial score (nSPS) is 10.7. The van der Waals surface area contributed by atoms with Crippen LogP contribution in [0, 0.1) is 6.92 Å². The van der Waals surface area contributed by atoms with Crippen LogP contribution in [0.2, 0.25) is 0 Å². The molecule has 0 saturated heterocycles. The number of rotatable bonds is 11. The summed E-state index contributed by atoms with van der Waals surface area (Å²) in [6.07, 6.45) is 0.818. The van der Waals surface area contributed by atoms with Crippen molar-refractivity contribution in [3.8, 4) is 34.0 Å². The van der Waals surface area contributed by atoms with E-state index in [-0.39, 0.29) is 6.03 Å². The van der Waals surface area contributed by atoms with Crippen molar-refractivity contribution in [2.24, 2.45) is 0 Å². The molecule has 0 atom stereocenters. The van der Waals surface area contributed by atoms with Crippen molar-refractivity contribution in [3.63, 3.8) is 0 Å². The number of nitrogens with zero attached hydrogens (tertiary/aromatic N) is 2. The van der Waals surface area contributed by atoms with Gasteiger partial charge in [0, 0.05) is 35.7 Å². The van der Waals surface area contributed by atoms with Crippen molar-refractivity contribution in [1.82, 2.24) is 14.9 Å². The average molecular weight is 531 g/mol. The lowest BCUT2D eigenvalue weighted by atomic mass is 10.0. The maximum atomic E-state index is 12.2. The molecule has 0 aliphatic heterocycles. The molecule has 1 aromatic heterocycles. The molecule has 0 unspecified atom stereocenters. The van der Waals surface area contributed by atoms with Crippen LogP contribution < -0.4 is 20.1 Å². The Balaban J connectivity index is 1.47. The van der Waals surface area contributed by atoms with Gasteiger partial charge in [0.25, 0.3) is 0 Å². The number of ether oxygens (including phenoxy) is 2. The van der Waals surface area contributed by atoms with E-state index in [1.165, 1.54) is 0 Å². The third-order valence-electron chi connectivity index (χ3n) is 6.09. The predicted octanol–water partition coefficient (Wildman–Crippen LogP) is 6.87. The molecule has 2 N–H and O–H groups in total. The first-order valence-corrected chi connectivity index (χ1v) is 13.6. The molecular formula is C30H34N4O3S. The molecule has 8 heteroatoms. The molecule has 0 aliphatic rings. The van der Waals surface area contributed by atoms with Gasteiger partial charge in [-0.05, 0) is 86.5 Å². The minimum absolute atomic E-state index is 0.195. The summed E-state index contributed by atoms with van der Waals surface area (Å²) in [7, 11) is 3.34. The molecule has 198 valence electrons. The Morgan fingerprint density at radius 3 is 2.21 bits per heavy atom. The fraction of sp³-hybridized carbons (Fsp3) is 0.267. The molecule has 0 fully saturated rings. The Morgan fingerprint density at radius 1 is 0.947 bits per heavy atom. The molecule has 0 radical (unpaired) electrons. The summed E-state index contributed by atoms with van der Waals surface area (Å²) in [5.41, 5.74) is 6.00. The van der Waals surface area contributed by atoms with Gasteiger partial charge in [0.1, 0.15) is 11.5 Å². The summed E-state index contributed by atoms with van der Waals surface area (Å²) in [5, 5.41) is 6.78. The third kappa shape index (κ3) is 6.69. The van der Waals surface area contributed by atoms with Gasteiger partial charge in [0.2, 0.25) is 0 Å². The summed E-state index contributed by atoms with van der Waals surface area (Å²) in [4.78, 5) is 17.3. The standard InChI is InChI=1S/C30H34N4O3S/c1-5-34-28(23-12-16-26(37-4)17-13-23)27(22-10-14-25(36-3)15-11-22)33-30(34)38-19-7-18-31-29(35)32-24-9-6-8-21(2)20-24/h6,8-17,20H,5,7,18-19H2,1-4H3,(H2,31,32,35). The van der Waals surface area contributed by atoms with Gasteiger partial charge >= 0.3 is 6.03 Å². The molecule has 7 nitrogen and oxygen atoms in total. The number of imidazole rings is 1. The molecule has 4 rings (SSSR count). The molecule has 1 heterocycles. The second kappa shape index (κ2) is 13.1. The van der Waals surface area contributed by atoms with Crippen molar-refractivity contribution in [1.29, 1.82) is 0 Å². The first-order chi connectivity index (χ1) is 18.5. The first kappa shape index (κ1) is 27.1. The number of methoxy groups -OCH3 is 2. The van der Waals surface area contributed by atoms with E-state index in [0.29, 0.717) is 6.54 Å². The van der Waals surface area contributed by atoms with Gasteiger partial charge in [-0.25, -0.2) is 9.78 Å². The van der Waals surface area contributed by atoms with Crippen LogP contribution in [0.4, 0.5) is 10.5 Å². The summed E-state index contributed by atoms with van der Waals surface area (Å²) >= 11 is 1.70. The Kier molecular flexibility index (Phi) is 9.32. The fourth-order valence-electron chi connectivity index (χ4n) is 4.16. The van der Waals surface area contributed by atoms with E-state index in [9.17, 15) is 4.79 Å². The lowest BCUT2D eigenvalue weighted by Crippen LogP contribution is -2.29. The zero-order valence-electron chi connectivity index (χ0n) is 22.3. The van der Waals surface area contributed by atoms with Crippen molar-refractivity contribution in [2.45, 2.75) is 32.0 Å². The van der Waals surface area contributed by atoms with Crippen LogP contribution >= 0.6 is 11.8 Å². The van der Waals surface area contributed by atoms with E-state index in [1.54, 1.807) is 26.0 Å². The van der Waals surface area contributed by atoms with Gasteiger partial charge in [-0.3, -0.25) is 0 Å². The highest BCUT2D eigenvalue weighted by atomic mass is 32.2. The van der Waals surface area contributed by atoms with E-state index in [2.05, 4.69) is 34.3 Å². The number of aryl methyl sites for hydroxylation is 1. The van der Waals surface area contributed by atoms with Crippen LogP contribution in [0.25, 0.3) is 22.5 Å². The maximum absolute atomic E-state index is 12.2. The van der Waals surface area contributed by atoms with E-state index in [1.807, 2.05) is 67.6 Å². The van der Waals surface area contributed by atoms with Crippen molar-refractivity contribution in [2.75, 3.05) is 31.8 Å². The minimum Gasteiger partial charge on any atom is -0.497 e. The number of urea groups is 1. The second-order valence-corrected chi connectivity index (χ2v) is 9.81. The molecule has 3 aromatic carbocycles. The zero-order valence-corrected chi connectivity index (χ0v) is 23.1. The Hall–Kier alpha value is -3.91. The highest BCUT2D eigenvalue weighted by Gasteiger charge is 2.20. The van der Waals surface area contributed by atoms with Crippen molar-refractivity contribution in [3.05, 3.63) is 78.4 Å². The Bertz CT molecular complexity index is 1350. The number of anilines is 1. The monoisotopic (exact) mass is 530 g/mol. The summed E-state index contributed by atoms with van der Waals surface area (Å²) in [5.74, 6) is 2.45. The fourth-order valence-corrected chi connectivity index (χ4v) is 5.17. The number of amides is 2. The molecule has 0 saturated carbocycles. The number of aromatic nitrogens is 2. The topological polar surface area (TPSA) is 77.4 Å². The zero-order chi connectivity index (χ0) is 26.9. The number of hydrogen-bond donors (Lipinski definition) is 2. The highest BCUT2D eigenvalue weighted by Crippen LogP contribution is 2.37. The quantitative estimate of drug-likeness (QED) is 0.164. The maximum Gasteiger partial charge on any atom is 0.319 e. The van der Waals surface area contributed by atoms with E-state index in [4.69, 9.17) is 14.5 Å². The average Bonchev–Trinajstić information content (AvgIpc) is 3.31. The molecular weight excluding hydrogens is 496 g/mol. The van der Waals surface area contributed by atoms with Gasteiger partial charge in [0.05, 0.1) is 25.6 Å². The van der Waals surface area contributed by atoms with Gasteiger partial charge < -0.3 is 24.7 Å². The molecule has 38 heavy (non-hydrogen) atoms. The van der Waals surface area contributed by atoms with Crippen molar-refractivity contribution >= 4 is 23.5 Å².